The van der Waals surface area contributed by atoms with Crippen LogP contribution in [-0.4, -0.2) is 32.3 Å². The number of H-pyrrole nitrogens is 1. The van der Waals surface area contributed by atoms with Gasteiger partial charge in [-0.1, -0.05) is 0 Å². The standard InChI is InChI=1S/C13H14N2O4S2/c16-5-7(12(18)19)15-11(17)9-6-3-1-2-4-8(6)21-10(9)14-13(15)20/h7,16H,1-5H2,(H,14,20)(H,18,19)/t7-/m1/s1. The summed E-state index contributed by atoms with van der Waals surface area (Å²) >= 11 is 6.63. The van der Waals surface area contributed by atoms with Crippen LogP contribution < -0.4 is 5.56 Å². The number of thiophene rings is 1. The first kappa shape index (κ1) is 14.4. The molecule has 0 amide bonds. The normalized spacial score (nSPS) is 15.9. The number of aromatic nitrogens is 2. The van der Waals surface area contributed by atoms with Crippen LogP contribution in [0.3, 0.4) is 0 Å². The molecule has 112 valence electrons. The predicted octanol–water partition coefficient (Wildman–Crippen LogP) is 1.62. The number of aliphatic hydroxyl groups is 1. The Morgan fingerprint density at radius 3 is 2.81 bits per heavy atom. The minimum absolute atomic E-state index is 0.0348. The van der Waals surface area contributed by atoms with Crippen LogP contribution in [0.1, 0.15) is 29.3 Å². The molecule has 2 aromatic heterocycles. The molecule has 0 unspecified atom stereocenters. The molecule has 2 aromatic rings. The second-order valence-corrected chi connectivity index (χ2v) is 6.55. The average molecular weight is 326 g/mol. The number of rotatable bonds is 3. The van der Waals surface area contributed by atoms with Crippen molar-refractivity contribution < 1.29 is 15.0 Å². The zero-order valence-corrected chi connectivity index (χ0v) is 12.7. The number of carboxylic acid groups (broad SMARTS) is 1. The Hall–Kier alpha value is -1.51. The Morgan fingerprint density at radius 2 is 2.14 bits per heavy atom. The van der Waals surface area contributed by atoms with Gasteiger partial charge in [-0.2, -0.15) is 0 Å². The monoisotopic (exact) mass is 326 g/mol. The largest absolute Gasteiger partial charge is 0.480 e. The molecule has 6 nitrogen and oxygen atoms in total. The molecule has 21 heavy (non-hydrogen) atoms. The van der Waals surface area contributed by atoms with Crippen molar-refractivity contribution in [2.75, 3.05) is 6.61 Å². The third-order valence-electron chi connectivity index (χ3n) is 3.81. The number of hydrogen-bond donors (Lipinski definition) is 3. The van der Waals surface area contributed by atoms with Crippen LogP contribution in [-0.2, 0) is 17.6 Å². The van der Waals surface area contributed by atoms with Crippen molar-refractivity contribution in [3.05, 3.63) is 25.6 Å². The van der Waals surface area contributed by atoms with Crippen molar-refractivity contribution >= 4 is 39.7 Å². The van der Waals surface area contributed by atoms with Crippen molar-refractivity contribution in [1.82, 2.24) is 9.55 Å². The van der Waals surface area contributed by atoms with Gasteiger partial charge in [0.2, 0.25) is 0 Å². The fraction of sp³-hybridized carbons (Fsp3) is 0.462. The van der Waals surface area contributed by atoms with Crippen molar-refractivity contribution in [2.24, 2.45) is 0 Å². The summed E-state index contributed by atoms with van der Waals surface area (Å²) in [5, 5.41) is 19.0. The van der Waals surface area contributed by atoms with E-state index in [0.29, 0.717) is 10.2 Å². The van der Waals surface area contributed by atoms with Gasteiger partial charge in [0, 0.05) is 4.88 Å². The number of aliphatic carboxylic acids is 1. The number of hydrogen-bond acceptors (Lipinski definition) is 5. The van der Waals surface area contributed by atoms with Gasteiger partial charge >= 0.3 is 5.97 Å². The number of carboxylic acids is 1. The molecule has 0 aliphatic heterocycles. The molecule has 0 radical (unpaired) electrons. The fourth-order valence-electron chi connectivity index (χ4n) is 2.80. The second-order valence-electron chi connectivity index (χ2n) is 5.06. The second kappa shape index (κ2) is 5.36. The van der Waals surface area contributed by atoms with E-state index in [4.69, 9.17) is 17.3 Å². The summed E-state index contributed by atoms with van der Waals surface area (Å²) in [7, 11) is 0. The van der Waals surface area contributed by atoms with Gasteiger partial charge in [0.1, 0.15) is 4.83 Å². The summed E-state index contributed by atoms with van der Waals surface area (Å²) in [6, 6.07) is -1.36. The number of aliphatic hydroxyl groups excluding tert-OH is 1. The smallest absolute Gasteiger partial charge is 0.329 e. The fourth-order valence-corrected chi connectivity index (χ4v) is 4.46. The minimum Gasteiger partial charge on any atom is -0.480 e. The minimum atomic E-state index is -1.36. The highest BCUT2D eigenvalue weighted by atomic mass is 32.1. The molecule has 1 aliphatic rings. The Balaban J connectivity index is 2.35. The highest BCUT2D eigenvalue weighted by molar-refractivity contribution is 7.71. The Bertz CT molecular complexity index is 833. The summed E-state index contributed by atoms with van der Waals surface area (Å²) in [5.74, 6) is -1.28. The molecule has 0 aromatic carbocycles. The maximum absolute atomic E-state index is 12.7. The lowest BCUT2D eigenvalue weighted by Crippen LogP contribution is -2.33. The molecule has 2 heterocycles. The maximum Gasteiger partial charge on any atom is 0.329 e. The van der Waals surface area contributed by atoms with Gasteiger partial charge in [0.15, 0.2) is 10.8 Å². The van der Waals surface area contributed by atoms with Gasteiger partial charge in [0.05, 0.1) is 12.0 Å². The third-order valence-corrected chi connectivity index (χ3v) is 5.32. The molecule has 3 rings (SSSR count). The van der Waals surface area contributed by atoms with Crippen molar-refractivity contribution in [3.8, 4) is 0 Å². The van der Waals surface area contributed by atoms with Crippen LogP contribution >= 0.6 is 23.6 Å². The predicted molar refractivity (Wildman–Crippen MR) is 81.7 cm³/mol. The summed E-state index contributed by atoms with van der Waals surface area (Å²) in [6.45, 7) is -0.676. The number of carbonyl (C=O) groups is 1. The van der Waals surface area contributed by atoms with Gasteiger partial charge in [-0.05, 0) is 43.5 Å². The molecule has 0 bridgehead atoms. The van der Waals surface area contributed by atoms with E-state index in [9.17, 15) is 14.7 Å². The highest BCUT2D eigenvalue weighted by Gasteiger charge is 2.25. The van der Waals surface area contributed by atoms with E-state index >= 15 is 0 Å². The van der Waals surface area contributed by atoms with E-state index in [1.54, 1.807) is 0 Å². The lowest BCUT2D eigenvalue weighted by Gasteiger charge is -2.14. The van der Waals surface area contributed by atoms with E-state index in [2.05, 4.69) is 4.98 Å². The van der Waals surface area contributed by atoms with Gasteiger partial charge in [-0.3, -0.25) is 9.36 Å². The van der Waals surface area contributed by atoms with Crippen LogP contribution in [0.15, 0.2) is 4.79 Å². The summed E-state index contributed by atoms with van der Waals surface area (Å²) in [5.41, 5.74) is 0.586. The zero-order chi connectivity index (χ0) is 15.1. The van der Waals surface area contributed by atoms with E-state index in [-0.39, 0.29) is 4.77 Å². The first-order valence-electron chi connectivity index (χ1n) is 6.67. The molecule has 1 aliphatic carbocycles. The van der Waals surface area contributed by atoms with Gasteiger partial charge in [-0.25, -0.2) is 4.79 Å². The average Bonchev–Trinajstić information content (AvgIpc) is 2.80. The molecular weight excluding hydrogens is 312 g/mol. The highest BCUT2D eigenvalue weighted by Crippen LogP contribution is 2.33. The first-order chi connectivity index (χ1) is 10.0. The summed E-state index contributed by atoms with van der Waals surface area (Å²) in [4.78, 5) is 28.7. The molecular formula is C13H14N2O4S2. The molecule has 0 spiro atoms. The third kappa shape index (κ3) is 2.23. The molecule has 8 heteroatoms. The van der Waals surface area contributed by atoms with E-state index in [1.165, 1.54) is 16.2 Å². The van der Waals surface area contributed by atoms with Crippen molar-refractivity contribution in [3.63, 3.8) is 0 Å². The Labute approximate surface area is 128 Å². The summed E-state index contributed by atoms with van der Waals surface area (Å²) < 4.78 is 1.01. The quantitative estimate of drug-likeness (QED) is 0.745. The lowest BCUT2D eigenvalue weighted by atomic mass is 9.97. The molecule has 1 atom stereocenters. The lowest BCUT2D eigenvalue weighted by molar-refractivity contribution is -0.142. The number of nitrogens with zero attached hydrogens (tertiary/aromatic N) is 1. The molecule has 3 N–H and O–H groups in total. The van der Waals surface area contributed by atoms with Crippen molar-refractivity contribution in [2.45, 2.75) is 31.7 Å². The number of aryl methyl sites for hydroxylation is 2. The van der Waals surface area contributed by atoms with E-state index in [1.807, 2.05) is 0 Å². The van der Waals surface area contributed by atoms with Crippen LogP contribution in [0.5, 0.6) is 0 Å². The SMILES string of the molecule is O=C(O)[C@@H](CO)n1c(=S)[nH]c2sc3c(c2c1=O)CCCC3. The number of nitrogens with one attached hydrogen (secondary N) is 1. The molecule has 0 fully saturated rings. The van der Waals surface area contributed by atoms with Crippen LogP contribution in [0.25, 0.3) is 10.2 Å². The van der Waals surface area contributed by atoms with E-state index in [0.717, 1.165) is 35.8 Å². The zero-order valence-electron chi connectivity index (χ0n) is 11.1. The number of aromatic amines is 1. The first-order valence-corrected chi connectivity index (χ1v) is 7.89. The van der Waals surface area contributed by atoms with Crippen LogP contribution in [0, 0.1) is 4.77 Å². The van der Waals surface area contributed by atoms with Gasteiger partial charge in [-0.15, -0.1) is 11.3 Å². The van der Waals surface area contributed by atoms with Gasteiger partial charge < -0.3 is 15.2 Å². The van der Waals surface area contributed by atoms with Gasteiger partial charge in [0.25, 0.3) is 5.56 Å². The molecule has 0 saturated heterocycles. The number of fused-ring (bicyclic) bond motifs is 3. The van der Waals surface area contributed by atoms with Crippen molar-refractivity contribution in [1.29, 1.82) is 0 Å². The van der Waals surface area contributed by atoms with Crippen LogP contribution in [0.2, 0.25) is 0 Å². The maximum atomic E-state index is 12.7. The van der Waals surface area contributed by atoms with E-state index < -0.39 is 24.2 Å². The Kier molecular flexibility index (Phi) is 3.68. The topological polar surface area (TPSA) is 95.3 Å². The van der Waals surface area contributed by atoms with Crippen LogP contribution in [0.4, 0.5) is 0 Å². The summed E-state index contributed by atoms with van der Waals surface area (Å²) in [6.07, 6.45) is 3.89. The molecule has 0 saturated carbocycles. The Morgan fingerprint density at radius 1 is 1.43 bits per heavy atom.